The molecule has 298 valence electrons. The summed E-state index contributed by atoms with van der Waals surface area (Å²) >= 11 is 1.51. The van der Waals surface area contributed by atoms with Crippen LogP contribution >= 0.6 is 11.3 Å². The molecule has 8 atom stereocenters. The van der Waals surface area contributed by atoms with E-state index in [-0.39, 0.29) is 60.8 Å². The van der Waals surface area contributed by atoms with Crippen molar-refractivity contribution in [2.75, 3.05) is 41.1 Å². The smallest absolute Gasteiger partial charge is 0.240 e. The van der Waals surface area contributed by atoms with E-state index < -0.39 is 29.7 Å². The van der Waals surface area contributed by atoms with Gasteiger partial charge in [0, 0.05) is 44.9 Å². The molecule has 0 spiro atoms. The lowest BCUT2D eigenvalue weighted by Crippen LogP contribution is -2.57. The van der Waals surface area contributed by atoms with Gasteiger partial charge in [-0.3, -0.25) is 19.7 Å². The van der Waals surface area contributed by atoms with Crippen LogP contribution in [0.3, 0.4) is 0 Å². The first-order chi connectivity index (χ1) is 25.1. The average Bonchev–Trinajstić information content (AvgIpc) is 3.84. The molecule has 0 bridgehead atoms. The van der Waals surface area contributed by atoms with Crippen LogP contribution in [0, 0.1) is 17.8 Å². The van der Waals surface area contributed by atoms with Gasteiger partial charge in [0.15, 0.2) is 0 Å². The number of amides is 3. The van der Waals surface area contributed by atoms with Gasteiger partial charge in [-0.15, -0.1) is 11.3 Å². The van der Waals surface area contributed by atoms with E-state index in [1.165, 1.54) is 11.3 Å². The molecule has 13 heteroatoms. The van der Waals surface area contributed by atoms with Crippen LogP contribution in [0.5, 0.6) is 0 Å². The van der Waals surface area contributed by atoms with Gasteiger partial charge in [0.05, 0.1) is 62.1 Å². The molecule has 2 heterocycles. The van der Waals surface area contributed by atoms with E-state index in [1.807, 2.05) is 75.2 Å². The summed E-state index contributed by atoms with van der Waals surface area (Å²) in [5.74, 6) is -0.807. The van der Waals surface area contributed by atoms with Gasteiger partial charge >= 0.3 is 0 Å². The minimum absolute atomic E-state index is 0.00892. The highest BCUT2D eigenvalue weighted by atomic mass is 32.1. The Hall–Kier alpha value is -2.94. The summed E-state index contributed by atoms with van der Waals surface area (Å²) in [5, 5.41) is 9.26. The number of thiazole rings is 1. The van der Waals surface area contributed by atoms with E-state index in [0.29, 0.717) is 19.6 Å². The Labute approximate surface area is 321 Å². The van der Waals surface area contributed by atoms with Crippen LogP contribution in [0.1, 0.15) is 90.8 Å². The Balaban J connectivity index is 1.74. The number of hydrogen-bond donors (Lipinski definition) is 3. The zero-order valence-corrected chi connectivity index (χ0v) is 34.5. The highest BCUT2D eigenvalue weighted by Gasteiger charge is 2.43. The first-order valence-corrected chi connectivity index (χ1v) is 20.0. The molecule has 0 aliphatic carbocycles. The predicted octanol–water partition coefficient (Wildman–Crippen LogP) is 4.79. The van der Waals surface area contributed by atoms with Gasteiger partial charge < -0.3 is 35.1 Å². The lowest BCUT2D eigenvalue weighted by Gasteiger charge is -2.41. The van der Waals surface area contributed by atoms with E-state index >= 15 is 0 Å². The number of likely N-dealkylation sites (tertiary alicyclic amines) is 1. The number of methoxy groups -OCH3 is 2. The summed E-state index contributed by atoms with van der Waals surface area (Å²) in [5.41, 5.74) is 6.68. The summed E-state index contributed by atoms with van der Waals surface area (Å²) in [6, 6.07) is 8.61. The highest BCUT2D eigenvalue weighted by molar-refractivity contribution is 7.09. The van der Waals surface area contributed by atoms with Gasteiger partial charge in [-0.1, -0.05) is 71.4 Å². The van der Waals surface area contributed by atoms with Crippen molar-refractivity contribution >= 4 is 29.1 Å². The number of carbonyl (C=O) groups is 3. The number of hydrogen-bond acceptors (Lipinski definition) is 10. The minimum Gasteiger partial charge on any atom is -0.379 e. The number of nitrogens with zero attached hydrogens (tertiary/aromatic N) is 3. The molecule has 1 saturated heterocycles. The number of benzene rings is 1. The quantitative estimate of drug-likeness (QED) is 0.114. The molecule has 4 N–H and O–H groups in total. The standard InChI is InChI=1S/C40H66N6O6S/c1-11-27(4)35(45(8)39(49)34(26(2)3)43-25-52-24-40(6,7)41)32(50-9)23-33(47)46-20-15-18-31(46)36(51-10)28(5)37(48)44-30(38-42-19-21-53-38)22-29-16-13-12-14-17-29/h12-14,16-17,19,21,26-28,30-32,34-36,43H,11,15,18,20,22-25,41H2,1-10H3,(H,44,48)/t27-,28+,30-,31-,32+,34-,35-,36+/m0/s1. The number of nitrogens with two attached hydrogens (primary N) is 1. The van der Waals surface area contributed by atoms with Crippen LogP contribution in [0.25, 0.3) is 0 Å². The average molecular weight is 759 g/mol. The zero-order valence-electron chi connectivity index (χ0n) is 33.7. The maximum atomic E-state index is 14.2. The molecule has 0 unspecified atom stereocenters. The molecule has 12 nitrogen and oxygen atoms in total. The lowest BCUT2D eigenvalue weighted by atomic mass is 9.89. The van der Waals surface area contributed by atoms with Crippen LogP contribution in [0.15, 0.2) is 41.9 Å². The van der Waals surface area contributed by atoms with E-state index in [9.17, 15) is 14.4 Å². The first kappa shape index (κ1) is 44.5. The van der Waals surface area contributed by atoms with Crippen molar-refractivity contribution in [3.63, 3.8) is 0 Å². The Morgan fingerprint density at radius 1 is 1.11 bits per heavy atom. The van der Waals surface area contributed by atoms with Gasteiger partial charge in [0.2, 0.25) is 17.7 Å². The largest absolute Gasteiger partial charge is 0.379 e. The fourth-order valence-corrected chi connectivity index (χ4v) is 8.05. The Kier molecular flexibility index (Phi) is 17.8. The Morgan fingerprint density at radius 2 is 1.81 bits per heavy atom. The molecule has 1 aromatic heterocycles. The summed E-state index contributed by atoms with van der Waals surface area (Å²) in [6.45, 7) is 14.9. The highest BCUT2D eigenvalue weighted by Crippen LogP contribution is 2.30. The third-order valence-corrected chi connectivity index (χ3v) is 11.3. The Morgan fingerprint density at radius 3 is 2.38 bits per heavy atom. The second-order valence-electron chi connectivity index (χ2n) is 15.6. The van der Waals surface area contributed by atoms with Crippen molar-refractivity contribution < 1.29 is 28.6 Å². The summed E-state index contributed by atoms with van der Waals surface area (Å²) in [7, 11) is 5.01. The SMILES string of the molecule is CC[C@H](C)[C@@H]([C@@H](CC(=O)N1CCC[C@H]1[C@H](OC)[C@@H](C)C(=O)N[C@@H](Cc1ccccc1)c1nccs1)OC)N(C)C(=O)[C@@H](NCOCC(C)(C)N)C(C)C. The minimum atomic E-state index is -0.548. The van der Waals surface area contributed by atoms with E-state index in [2.05, 4.69) is 29.5 Å². The molecule has 0 saturated carbocycles. The molecule has 1 aliphatic rings. The number of rotatable bonds is 22. The van der Waals surface area contributed by atoms with Gasteiger partial charge in [-0.2, -0.15) is 0 Å². The molecule has 3 rings (SSSR count). The van der Waals surface area contributed by atoms with E-state index in [1.54, 1.807) is 32.4 Å². The molecule has 1 aliphatic heterocycles. The van der Waals surface area contributed by atoms with Crippen LogP contribution in [-0.4, -0.2) is 110 Å². The van der Waals surface area contributed by atoms with Gasteiger partial charge in [-0.25, -0.2) is 4.98 Å². The first-order valence-electron chi connectivity index (χ1n) is 19.1. The molecular formula is C40H66N6O6S. The molecule has 1 fully saturated rings. The van der Waals surface area contributed by atoms with Crippen LogP contribution in [0.4, 0.5) is 0 Å². The number of likely N-dealkylation sites (N-methyl/N-ethyl adjacent to an activating group) is 1. The number of ether oxygens (including phenoxy) is 3. The number of nitrogens with one attached hydrogen (secondary N) is 2. The Bertz CT molecular complexity index is 1390. The van der Waals surface area contributed by atoms with Crippen molar-refractivity contribution in [1.82, 2.24) is 25.4 Å². The topological polar surface area (TPSA) is 148 Å². The maximum absolute atomic E-state index is 14.2. The van der Waals surface area contributed by atoms with E-state index in [4.69, 9.17) is 19.9 Å². The molecule has 53 heavy (non-hydrogen) atoms. The van der Waals surface area contributed by atoms with E-state index in [0.717, 1.165) is 29.8 Å². The van der Waals surface area contributed by atoms with Gasteiger partial charge in [0.25, 0.3) is 0 Å². The maximum Gasteiger partial charge on any atom is 0.240 e. The molecule has 3 amide bonds. The lowest BCUT2D eigenvalue weighted by molar-refractivity contribution is -0.147. The number of carbonyl (C=O) groups excluding carboxylic acids is 3. The third kappa shape index (κ3) is 12.8. The summed E-state index contributed by atoms with van der Waals surface area (Å²) < 4.78 is 17.8. The van der Waals surface area contributed by atoms with Crippen molar-refractivity contribution in [2.45, 2.75) is 122 Å². The second kappa shape index (κ2) is 21.2. The van der Waals surface area contributed by atoms with Crippen molar-refractivity contribution in [3.8, 4) is 0 Å². The summed E-state index contributed by atoms with van der Waals surface area (Å²) in [6.07, 6.45) is 3.70. The monoisotopic (exact) mass is 758 g/mol. The van der Waals surface area contributed by atoms with Crippen LogP contribution in [0.2, 0.25) is 0 Å². The second-order valence-corrected chi connectivity index (χ2v) is 16.5. The summed E-state index contributed by atoms with van der Waals surface area (Å²) in [4.78, 5) is 50.3. The normalized spacial score (nSPS) is 18.9. The fourth-order valence-electron chi connectivity index (χ4n) is 7.36. The molecular weight excluding hydrogens is 693 g/mol. The number of aromatic nitrogens is 1. The van der Waals surface area contributed by atoms with Gasteiger partial charge in [0.1, 0.15) is 5.01 Å². The fraction of sp³-hybridized carbons (Fsp3) is 0.700. The molecule has 0 radical (unpaired) electrons. The third-order valence-electron chi connectivity index (χ3n) is 10.4. The van der Waals surface area contributed by atoms with Crippen molar-refractivity contribution in [2.24, 2.45) is 23.5 Å². The molecule has 2 aromatic rings. The van der Waals surface area contributed by atoms with Crippen LogP contribution in [-0.2, 0) is 35.0 Å². The van der Waals surface area contributed by atoms with Crippen molar-refractivity contribution in [3.05, 3.63) is 52.5 Å². The van der Waals surface area contributed by atoms with Gasteiger partial charge in [-0.05, 0) is 50.5 Å². The zero-order chi connectivity index (χ0) is 39.3. The van der Waals surface area contributed by atoms with Crippen LogP contribution < -0.4 is 16.4 Å². The predicted molar refractivity (Wildman–Crippen MR) is 210 cm³/mol. The van der Waals surface area contributed by atoms with Crippen molar-refractivity contribution in [1.29, 1.82) is 0 Å². The molecule has 1 aromatic carbocycles.